The summed E-state index contributed by atoms with van der Waals surface area (Å²) in [7, 11) is 0. The Kier molecular flexibility index (Phi) is 2.39. The molecule has 118 valence electrons. The van der Waals surface area contributed by atoms with Crippen molar-refractivity contribution in [3.63, 3.8) is 0 Å². The molecule has 0 aliphatic heterocycles. The second-order valence-corrected chi connectivity index (χ2v) is 7.59. The molecule has 0 saturated carbocycles. The van der Waals surface area contributed by atoms with E-state index in [-0.39, 0.29) is 23.4 Å². The minimum Gasteiger partial charge on any atom is -0.294 e. The Morgan fingerprint density at radius 1 is 0.625 bits per heavy atom. The van der Waals surface area contributed by atoms with Gasteiger partial charge < -0.3 is 0 Å². The molecule has 0 radical (unpaired) electrons. The molecule has 0 saturated heterocycles. The van der Waals surface area contributed by atoms with Gasteiger partial charge in [-0.3, -0.25) is 9.59 Å². The van der Waals surface area contributed by atoms with E-state index in [2.05, 4.69) is 38.1 Å². The van der Waals surface area contributed by atoms with Crippen LogP contribution in [0.1, 0.15) is 36.1 Å². The zero-order valence-corrected chi connectivity index (χ0v) is 13.7. The summed E-state index contributed by atoms with van der Waals surface area (Å²) >= 11 is 0. The molecule has 0 aromatic heterocycles. The highest BCUT2D eigenvalue weighted by Crippen LogP contribution is 2.65. The molecule has 2 bridgehead atoms. The van der Waals surface area contributed by atoms with Gasteiger partial charge in [0.15, 0.2) is 11.6 Å². The molecule has 0 N–H and O–H groups in total. The number of hydrogen-bond donors (Lipinski definition) is 0. The summed E-state index contributed by atoms with van der Waals surface area (Å²) in [6, 6.07) is 16.7. The summed E-state index contributed by atoms with van der Waals surface area (Å²) < 4.78 is 0. The van der Waals surface area contributed by atoms with Crippen LogP contribution in [0.5, 0.6) is 0 Å². The monoisotopic (exact) mass is 314 g/mol. The van der Waals surface area contributed by atoms with Crippen LogP contribution in [0.15, 0.2) is 60.7 Å². The molecule has 0 fully saturated rings. The van der Waals surface area contributed by atoms with Gasteiger partial charge in [0, 0.05) is 22.7 Å². The fourth-order valence-electron chi connectivity index (χ4n) is 5.67. The van der Waals surface area contributed by atoms with Gasteiger partial charge in [-0.2, -0.15) is 0 Å². The summed E-state index contributed by atoms with van der Waals surface area (Å²) in [6.45, 7) is 4.29. The average Bonchev–Trinajstić information content (AvgIpc) is 2.61. The maximum atomic E-state index is 12.9. The Bertz CT molecular complexity index is 826. The highest BCUT2D eigenvalue weighted by molar-refractivity contribution is 6.10. The van der Waals surface area contributed by atoms with Crippen molar-refractivity contribution in [1.29, 1.82) is 0 Å². The van der Waals surface area contributed by atoms with E-state index in [0.717, 1.165) is 0 Å². The largest absolute Gasteiger partial charge is 0.294 e. The van der Waals surface area contributed by atoms with E-state index in [9.17, 15) is 9.59 Å². The standard InChI is InChI=1S/C22H18O2/c1-21-13-7-3-5-9-15(13)22(2,16-10-6-4-8-14(16)21)20-18(24)12-11-17(23)19(20)21/h3-12,19-20H,1-2H3/t19-,20+,21?,22?. The van der Waals surface area contributed by atoms with Crippen molar-refractivity contribution in [2.24, 2.45) is 11.8 Å². The van der Waals surface area contributed by atoms with Crippen LogP contribution < -0.4 is 0 Å². The molecule has 6 rings (SSSR count). The van der Waals surface area contributed by atoms with Gasteiger partial charge in [0.1, 0.15) is 0 Å². The van der Waals surface area contributed by atoms with E-state index in [1.807, 2.05) is 24.3 Å². The number of carbonyl (C=O) groups is 2. The maximum Gasteiger partial charge on any atom is 0.160 e. The Morgan fingerprint density at radius 2 is 0.917 bits per heavy atom. The fourth-order valence-corrected chi connectivity index (χ4v) is 5.67. The number of ketones is 2. The van der Waals surface area contributed by atoms with Crippen molar-refractivity contribution in [1.82, 2.24) is 0 Å². The molecule has 4 aliphatic rings. The molecule has 4 aliphatic carbocycles. The summed E-state index contributed by atoms with van der Waals surface area (Å²) in [5.74, 6) is -0.468. The Labute approximate surface area is 141 Å². The van der Waals surface area contributed by atoms with E-state index in [1.54, 1.807) is 0 Å². The van der Waals surface area contributed by atoms with Gasteiger partial charge in [-0.15, -0.1) is 0 Å². The number of carbonyl (C=O) groups excluding carboxylic acids is 2. The lowest BCUT2D eigenvalue weighted by atomic mass is 9.40. The van der Waals surface area contributed by atoms with Crippen LogP contribution in [0.3, 0.4) is 0 Å². The summed E-state index contributed by atoms with van der Waals surface area (Å²) in [5, 5.41) is 0. The normalized spacial score (nSPS) is 35.4. The topological polar surface area (TPSA) is 34.1 Å². The van der Waals surface area contributed by atoms with Gasteiger partial charge in [0.2, 0.25) is 0 Å². The van der Waals surface area contributed by atoms with Crippen molar-refractivity contribution in [2.75, 3.05) is 0 Å². The van der Waals surface area contributed by atoms with Crippen molar-refractivity contribution in [3.05, 3.63) is 82.9 Å². The molecule has 2 nitrogen and oxygen atoms in total. The van der Waals surface area contributed by atoms with E-state index >= 15 is 0 Å². The highest BCUT2D eigenvalue weighted by Gasteiger charge is 2.65. The van der Waals surface area contributed by atoms with E-state index < -0.39 is 10.8 Å². The van der Waals surface area contributed by atoms with Crippen molar-refractivity contribution in [2.45, 2.75) is 24.7 Å². The lowest BCUT2D eigenvalue weighted by Crippen LogP contribution is -2.63. The first kappa shape index (κ1) is 13.9. The molecule has 0 spiro atoms. The zero-order valence-electron chi connectivity index (χ0n) is 13.7. The summed E-state index contributed by atoms with van der Waals surface area (Å²) in [4.78, 5) is 25.8. The van der Waals surface area contributed by atoms with Crippen LogP contribution in [-0.2, 0) is 20.4 Å². The molecule has 2 aromatic rings. The number of benzene rings is 2. The molecule has 2 aromatic carbocycles. The van der Waals surface area contributed by atoms with Crippen molar-refractivity contribution in [3.8, 4) is 0 Å². The molecule has 0 unspecified atom stereocenters. The molecular formula is C22H18O2. The third kappa shape index (κ3) is 1.27. The second-order valence-electron chi connectivity index (χ2n) is 7.59. The minimum absolute atomic E-state index is 0.0809. The number of hydrogen-bond acceptors (Lipinski definition) is 2. The molecule has 2 heteroatoms. The Morgan fingerprint density at radius 3 is 1.21 bits per heavy atom. The minimum atomic E-state index is -0.451. The van der Waals surface area contributed by atoms with E-state index in [1.165, 1.54) is 34.4 Å². The van der Waals surface area contributed by atoms with Crippen LogP contribution in [0.4, 0.5) is 0 Å². The number of allylic oxidation sites excluding steroid dienone is 2. The predicted molar refractivity (Wildman–Crippen MR) is 91.9 cm³/mol. The quantitative estimate of drug-likeness (QED) is 0.745. The molecule has 0 amide bonds. The lowest BCUT2D eigenvalue weighted by Gasteiger charge is -2.60. The first-order valence-corrected chi connectivity index (χ1v) is 8.46. The first-order chi connectivity index (χ1) is 11.5. The third-order valence-electron chi connectivity index (χ3n) is 6.69. The van der Waals surface area contributed by atoms with Gasteiger partial charge in [-0.05, 0) is 34.4 Å². The SMILES string of the molecule is CC12c3ccccc3C(C)(c3ccccc31)[C@H]1C(=O)C=CC(=O)[C@H]12. The van der Waals surface area contributed by atoms with Crippen LogP contribution in [0.25, 0.3) is 0 Å². The van der Waals surface area contributed by atoms with Crippen LogP contribution in [0, 0.1) is 11.8 Å². The van der Waals surface area contributed by atoms with Gasteiger partial charge in [0.25, 0.3) is 0 Å². The Balaban J connectivity index is 1.99. The highest BCUT2D eigenvalue weighted by atomic mass is 16.1. The predicted octanol–water partition coefficient (Wildman–Crippen LogP) is 3.57. The number of rotatable bonds is 0. The fraction of sp³-hybridized carbons (Fsp3) is 0.273. The van der Waals surface area contributed by atoms with Gasteiger partial charge in [-0.25, -0.2) is 0 Å². The average molecular weight is 314 g/mol. The lowest BCUT2D eigenvalue weighted by molar-refractivity contribution is -0.135. The third-order valence-corrected chi connectivity index (χ3v) is 6.69. The maximum absolute atomic E-state index is 12.9. The van der Waals surface area contributed by atoms with Crippen LogP contribution >= 0.6 is 0 Å². The molecule has 2 atom stereocenters. The molecular weight excluding hydrogens is 296 g/mol. The first-order valence-electron chi connectivity index (χ1n) is 8.46. The molecule has 24 heavy (non-hydrogen) atoms. The van der Waals surface area contributed by atoms with Gasteiger partial charge >= 0.3 is 0 Å². The van der Waals surface area contributed by atoms with E-state index in [4.69, 9.17) is 0 Å². The van der Waals surface area contributed by atoms with Crippen LogP contribution in [-0.4, -0.2) is 11.6 Å². The second kappa shape index (κ2) is 4.13. The zero-order chi connectivity index (χ0) is 16.7. The molecule has 0 heterocycles. The van der Waals surface area contributed by atoms with Gasteiger partial charge in [-0.1, -0.05) is 62.4 Å². The summed E-state index contributed by atoms with van der Waals surface area (Å²) in [6.07, 6.45) is 2.98. The van der Waals surface area contributed by atoms with Crippen LogP contribution in [0.2, 0.25) is 0 Å². The van der Waals surface area contributed by atoms with Gasteiger partial charge in [0.05, 0.1) is 0 Å². The van der Waals surface area contributed by atoms with E-state index in [0.29, 0.717) is 0 Å². The smallest absolute Gasteiger partial charge is 0.160 e. The Hall–Kier alpha value is -2.48. The van der Waals surface area contributed by atoms with Crippen molar-refractivity contribution >= 4 is 11.6 Å². The van der Waals surface area contributed by atoms with Crippen molar-refractivity contribution < 1.29 is 9.59 Å². The summed E-state index contributed by atoms with van der Waals surface area (Å²) in [5.41, 5.74) is 3.89.